The standard InChI is InChI=1S/C15H20N2O2/c1-10-14(19)17(9-13(18)15(2,3)4)12-8-6-5-7-11(12)16-10/h5-8,13,18H,9H2,1-4H3. The molecule has 19 heavy (non-hydrogen) atoms. The minimum atomic E-state index is -0.588. The van der Waals surface area contributed by atoms with Crippen LogP contribution in [0.5, 0.6) is 0 Å². The van der Waals surface area contributed by atoms with E-state index in [4.69, 9.17) is 0 Å². The van der Waals surface area contributed by atoms with E-state index in [0.717, 1.165) is 11.0 Å². The maximum atomic E-state index is 12.2. The Hall–Kier alpha value is -1.68. The summed E-state index contributed by atoms with van der Waals surface area (Å²) in [5.74, 6) is 0. The van der Waals surface area contributed by atoms with Crippen LogP contribution in [0.15, 0.2) is 29.1 Å². The van der Waals surface area contributed by atoms with Gasteiger partial charge in [-0.15, -0.1) is 0 Å². The van der Waals surface area contributed by atoms with Crippen LogP contribution in [0.4, 0.5) is 0 Å². The molecule has 2 rings (SSSR count). The van der Waals surface area contributed by atoms with Crippen molar-refractivity contribution in [1.82, 2.24) is 9.55 Å². The fourth-order valence-corrected chi connectivity index (χ4v) is 1.95. The van der Waals surface area contributed by atoms with E-state index in [1.54, 1.807) is 11.5 Å². The van der Waals surface area contributed by atoms with Gasteiger partial charge < -0.3 is 9.67 Å². The number of nitrogens with zero attached hydrogens (tertiary/aromatic N) is 2. The predicted molar refractivity (Wildman–Crippen MR) is 76.2 cm³/mol. The number of aryl methyl sites for hydroxylation is 1. The quantitative estimate of drug-likeness (QED) is 0.899. The molecule has 1 aromatic heterocycles. The Morgan fingerprint density at radius 2 is 1.95 bits per heavy atom. The maximum absolute atomic E-state index is 12.2. The second kappa shape index (κ2) is 4.78. The van der Waals surface area contributed by atoms with Crippen LogP contribution in [0.2, 0.25) is 0 Å². The minimum absolute atomic E-state index is 0.137. The smallest absolute Gasteiger partial charge is 0.272 e. The van der Waals surface area contributed by atoms with Crippen molar-refractivity contribution in [2.75, 3.05) is 0 Å². The number of aliphatic hydroxyl groups excluding tert-OH is 1. The first-order valence-electron chi connectivity index (χ1n) is 6.45. The summed E-state index contributed by atoms with van der Waals surface area (Å²) in [4.78, 5) is 16.5. The van der Waals surface area contributed by atoms with Gasteiger partial charge in [-0.1, -0.05) is 32.9 Å². The molecule has 1 heterocycles. The summed E-state index contributed by atoms with van der Waals surface area (Å²) >= 11 is 0. The first kappa shape index (κ1) is 13.7. The number of hydrogen-bond acceptors (Lipinski definition) is 3. The minimum Gasteiger partial charge on any atom is -0.391 e. The van der Waals surface area contributed by atoms with E-state index < -0.39 is 6.10 Å². The van der Waals surface area contributed by atoms with Gasteiger partial charge in [0.25, 0.3) is 5.56 Å². The molecule has 0 radical (unpaired) electrons. The third-order valence-corrected chi connectivity index (χ3v) is 3.37. The van der Waals surface area contributed by atoms with Crippen LogP contribution in [-0.2, 0) is 6.54 Å². The molecule has 2 aromatic rings. The molecule has 4 heteroatoms. The zero-order chi connectivity index (χ0) is 14.2. The fourth-order valence-electron chi connectivity index (χ4n) is 1.95. The summed E-state index contributed by atoms with van der Waals surface area (Å²) in [6, 6.07) is 7.50. The lowest BCUT2D eigenvalue weighted by Crippen LogP contribution is -2.35. The Morgan fingerprint density at radius 1 is 1.32 bits per heavy atom. The molecule has 0 aliphatic carbocycles. The maximum Gasteiger partial charge on any atom is 0.272 e. The molecule has 0 saturated carbocycles. The molecule has 1 unspecified atom stereocenters. The zero-order valence-corrected chi connectivity index (χ0v) is 11.8. The second-order valence-corrected chi connectivity index (χ2v) is 5.98. The van der Waals surface area contributed by atoms with Crippen LogP contribution in [0.25, 0.3) is 11.0 Å². The normalized spacial score (nSPS) is 13.7. The number of aliphatic hydroxyl groups is 1. The van der Waals surface area contributed by atoms with Crippen LogP contribution >= 0.6 is 0 Å². The van der Waals surface area contributed by atoms with Crippen molar-refractivity contribution in [3.05, 3.63) is 40.3 Å². The monoisotopic (exact) mass is 260 g/mol. The van der Waals surface area contributed by atoms with Gasteiger partial charge in [0.1, 0.15) is 5.69 Å². The van der Waals surface area contributed by atoms with Crippen molar-refractivity contribution >= 4 is 11.0 Å². The van der Waals surface area contributed by atoms with Crippen LogP contribution in [0.3, 0.4) is 0 Å². The average molecular weight is 260 g/mol. The summed E-state index contributed by atoms with van der Waals surface area (Å²) in [7, 11) is 0. The van der Waals surface area contributed by atoms with Gasteiger partial charge in [0.05, 0.1) is 23.7 Å². The molecule has 0 spiro atoms. The van der Waals surface area contributed by atoms with Crippen molar-refractivity contribution in [3.8, 4) is 0 Å². The Labute approximate surface area is 112 Å². The molecule has 4 nitrogen and oxygen atoms in total. The fraction of sp³-hybridized carbons (Fsp3) is 0.467. The number of aromatic nitrogens is 2. The molecule has 1 aromatic carbocycles. The lowest BCUT2D eigenvalue weighted by molar-refractivity contribution is 0.0482. The Bertz CT molecular complexity index is 653. The van der Waals surface area contributed by atoms with Gasteiger partial charge in [-0.2, -0.15) is 0 Å². The molecule has 102 valence electrons. The summed E-state index contributed by atoms with van der Waals surface area (Å²) in [6.07, 6.45) is -0.588. The van der Waals surface area contributed by atoms with Crippen molar-refractivity contribution in [1.29, 1.82) is 0 Å². The number of hydrogen-bond donors (Lipinski definition) is 1. The molecule has 0 aliphatic rings. The Balaban J connectivity index is 2.59. The van der Waals surface area contributed by atoms with Gasteiger partial charge in [0.2, 0.25) is 0 Å². The molecule has 0 amide bonds. The largest absolute Gasteiger partial charge is 0.391 e. The molecule has 0 saturated heterocycles. The Kier molecular flexibility index (Phi) is 3.45. The van der Waals surface area contributed by atoms with Crippen LogP contribution < -0.4 is 5.56 Å². The lowest BCUT2D eigenvalue weighted by Gasteiger charge is -2.27. The van der Waals surface area contributed by atoms with Crippen molar-refractivity contribution in [2.24, 2.45) is 5.41 Å². The van der Waals surface area contributed by atoms with Crippen LogP contribution in [0, 0.1) is 12.3 Å². The van der Waals surface area contributed by atoms with E-state index >= 15 is 0 Å². The van der Waals surface area contributed by atoms with Gasteiger partial charge in [-0.3, -0.25) is 4.79 Å². The van der Waals surface area contributed by atoms with Crippen molar-refractivity contribution < 1.29 is 5.11 Å². The number of rotatable bonds is 2. The molecular weight excluding hydrogens is 240 g/mol. The Morgan fingerprint density at radius 3 is 2.58 bits per heavy atom. The summed E-state index contributed by atoms with van der Waals surface area (Å²) < 4.78 is 1.62. The van der Waals surface area contributed by atoms with Crippen LogP contribution in [-0.4, -0.2) is 20.8 Å². The summed E-state index contributed by atoms with van der Waals surface area (Å²) in [5.41, 5.74) is 1.60. The number of para-hydroxylation sites is 2. The van der Waals surface area contributed by atoms with Crippen LogP contribution in [0.1, 0.15) is 26.5 Å². The molecule has 0 fully saturated rings. The first-order chi connectivity index (χ1) is 8.80. The van der Waals surface area contributed by atoms with Gasteiger partial charge in [0, 0.05) is 0 Å². The van der Waals surface area contributed by atoms with E-state index in [0.29, 0.717) is 5.69 Å². The van der Waals surface area contributed by atoms with E-state index in [9.17, 15) is 9.90 Å². The highest BCUT2D eigenvalue weighted by Gasteiger charge is 2.23. The van der Waals surface area contributed by atoms with E-state index in [2.05, 4.69) is 4.98 Å². The first-order valence-corrected chi connectivity index (χ1v) is 6.45. The highest BCUT2D eigenvalue weighted by atomic mass is 16.3. The average Bonchev–Trinajstić information content (AvgIpc) is 2.33. The molecule has 0 bridgehead atoms. The number of fused-ring (bicyclic) bond motifs is 1. The lowest BCUT2D eigenvalue weighted by atomic mass is 9.89. The van der Waals surface area contributed by atoms with Crippen molar-refractivity contribution in [2.45, 2.75) is 40.3 Å². The highest BCUT2D eigenvalue weighted by molar-refractivity contribution is 5.74. The molecule has 1 N–H and O–H groups in total. The van der Waals surface area contributed by atoms with Gasteiger partial charge in [-0.25, -0.2) is 4.98 Å². The third kappa shape index (κ3) is 2.68. The highest BCUT2D eigenvalue weighted by Crippen LogP contribution is 2.21. The van der Waals surface area contributed by atoms with E-state index in [-0.39, 0.29) is 17.5 Å². The van der Waals surface area contributed by atoms with Gasteiger partial charge in [-0.05, 0) is 24.5 Å². The predicted octanol–water partition coefficient (Wildman–Crippen LogP) is 2.11. The SMILES string of the molecule is Cc1nc2ccccc2n(CC(O)C(C)(C)C)c1=O. The summed E-state index contributed by atoms with van der Waals surface area (Å²) in [6.45, 7) is 7.86. The molecule has 0 aliphatic heterocycles. The second-order valence-electron chi connectivity index (χ2n) is 5.98. The zero-order valence-electron chi connectivity index (χ0n) is 11.8. The molecular formula is C15H20N2O2. The topological polar surface area (TPSA) is 55.1 Å². The number of benzene rings is 1. The van der Waals surface area contributed by atoms with E-state index in [1.807, 2.05) is 45.0 Å². The van der Waals surface area contributed by atoms with Crippen molar-refractivity contribution in [3.63, 3.8) is 0 Å². The molecule has 1 atom stereocenters. The van der Waals surface area contributed by atoms with Gasteiger partial charge >= 0.3 is 0 Å². The third-order valence-electron chi connectivity index (χ3n) is 3.37. The summed E-state index contributed by atoms with van der Waals surface area (Å²) in [5, 5.41) is 10.2. The van der Waals surface area contributed by atoms with E-state index in [1.165, 1.54) is 0 Å². The van der Waals surface area contributed by atoms with Gasteiger partial charge in [0.15, 0.2) is 0 Å².